The van der Waals surface area contributed by atoms with Crippen LogP contribution >= 0.6 is 0 Å². The Balaban J connectivity index is 1.54. The monoisotopic (exact) mass is 409 g/mol. The highest BCUT2D eigenvalue weighted by Gasteiger charge is 2.22. The van der Waals surface area contributed by atoms with E-state index in [1.165, 1.54) is 0 Å². The number of aliphatic hydroxyl groups excluding tert-OH is 1. The second-order valence-corrected chi connectivity index (χ2v) is 7.35. The van der Waals surface area contributed by atoms with Gasteiger partial charge in [-0.1, -0.05) is 0 Å². The highest BCUT2D eigenvalue weighted by atomic mass is 16.5. The van der Waals surface area contributed by atoms with Crippen molar-refractivity contribution in [2.45, 2.75) is 25.5 Å². The van der Waals surface area contributed by atoms with Gasteiger partial charge in [-0.25, -0.2) is 4.98 Å². The molecule has 0 saturated carbocycles. The molecule has 0 unspecified atom stereocenters. The predicted octanol–water partition coefficient (Wildman–Crippen LogP) is 1.10. The van der Waals surface area contributed by atoms with Gasteiger partial charge in [0, 0.05) is 38.5 Å². The lowest BCUT2D eigenvalue weighted by molar-refractivity contribution is 0.139. The number of aliphatic hydroxyl groups is 1. The number of aryl methyl sites for hydroxylation is 1. The van der Waals surface area contributed by atoms with Crippen LogP contribution in [0.2, 0.25) is 0 Å². The Labute approximate surface area is 172 Å². The van der Waals surface area contributed by atoms with Crippen LogP contribution in [0.25, 0.3) is 16.7 Å². The Morgan fingerprint density at radius 2 is 2.17 bits per heavy atom. The molecule has 0 aliphatic carbocycles. The molecular weight excluding hydrogens is 386 g/mol. The standard InChI is InChI=1S/C20H23N7O3/c1-25-12-15(10-21-25)27-4-2-17-19(27)20(30-16-3-7-29-13-16)24-18(23-17)8-14-9-22-26(11-14)5-6-28/h2,4,9-12,16,28H,3,5-8,13H2,1H3/t16-/m0/s1. The Hall–Kier alpha value is -3.24. The van der Waals surface area contributed by atoms with Crippen LogP contribution in [0.4, 0.5) is 0 Å². The van der Waals surface area contributed by atoms with Gasteiger partial charge in [0.05, 0.1) is 50.0 Å². The van der Waals surface area contributed by atoms with Crippen LogP contribution < -0.4 is 4.74 Å². The molecule has 0 spiro atoms. The normalized spacial score (nSPS) is 16.5. The van der Waals surface area contributed by atoms with Gasteiger partial charge < -0.3 is 19.1 Å². The van der Waals surface area contributed by atoms with E-state index in [2.05, 4.69) is 10.2 Å². The SMILES string of the molecule is Cn1cc(-n2ccc3nc(Cc4cnn(CCO)c4)nc(O[C@H]4CCOC4)c32)cn1. The molecule has 1 aliphatic heterocycles. The van der Waals surface area contributed by atoms with Crippen LogP contribution in [-0.2, 0) is 24.8 Å². The van der Waals surface area contributed by atoms with Gasteiger partial charge in [0.2, 0.25) is 5.88 Å². The first kappa shape index (κ1) is 18.8. The zero-order chi connectivity index (χ0) is 20.5. The molecule has 156 valence electrons. The van der Waals surface area contributed by atoms with E-state index in [1.807, 2.05) is 36.3 Å². The van der Waals surface area contributed by atoms with Gasteiger partial charge in [0.1, 0.15) is 17.4 Å². The Morgan fingerprint density at radius 3 is 2.93 bits per heavy atom. The maximum atomic E-state index is 9.09. The average molecular weight is 409 g/mol. The van der Waals surface area contributed by atoms with Crippen LogP contribution in [0.5, 0.6) is 5.88 Å². The van der Waals surface area contributed by atoms with Crippen LogP contribution in [0.3, 0.4) is 0 Å². The lowest BCUT2D eigenvalue weighted by Gasteiger charge is -2.14. The summed E-state index contributed by atoms with van der Waals surface area (Å²) in [6, 6.07) is 1.96. The number of nitrogens with zero attached hydrogens (tertiary/aromatic N) is 7. The zero-order valence-electron chi connectivity index (χ0n) is 16.7. The van der Waals surface area contributed by atoms with Crippen LogP contribution in [0.15, 0.2) is 37.1 Å². The summed E-state index contributed by atoms with van der Waals surface area (Å²) in [5, 5.41) is 17.6. The molecule has 10 nitrogen and oxygen atoms in total. The van der Waals surface area contributed by atoms with E-state index in [4.69, 9.17) is 24.5 Å². The third-order valence-corrected chi connectivity index (χ3v) is 5.06. The fourth-order valence-electron chi connectivity index (χ4n) is 3.64. The lowest BCUT2D eigenvalue weighted by Crippen LogP contribution is -2.18. The van der Waals surface area contributed by atoms with E-state index in [0.29, 0.717) is 37.9 Å². The van der Waals surface area contributed by atoms with Crippen molar-refractivity contribution in [2.75, 3.05) is 19.8 Å². The molecule has 0 bridgehead atoms. The second kappa shape index (κ2) is 7.88. The molecule has 0 aromatic carbocycles. The third-order valence-electron chi connectivity index (χ3n) is 5.06. The summed E-state index contributed by atoms with van der Waals surface area (Å²) in [5.74, 6) is 1.20. The van der Waals surface area contributed by atoms with Crippen LogP contribution in [-0.4, -0.2) is 65.1 Å². The summed E-state index contributed by atoms with van der Waals surface area (Å²) >= 11 is 0. The molecule has 1 N–H and O–H groups in total. The van der Waals surface area contributed by atoms with Gasteiger partial charge in [-0.15, -0.1) is 0 Å². The van der Waals surface area contributed by atoms with Crippen molar-refractivity contribution < 1.29 is 14.6 Å². The van der Waals surface area contributed by atoms with Crippen molar-refractivity contribution in [3.05, 3.63) is 48.4 Å². The van der Waals surface area contributed by atoms with Gasteiger partial charge >= 0.3 is 0 Å². The highest BCUT2D eigenvalue weighted by Crippen LogP contribution is 2.29. The Bertz CT molecular complexity index is 1160. The molecule has 1 saturated heterocycles. The fourth-order valence-corrected chi connectivity index (χ4v) is 3.64. The molecule has 30 heavy (non-hydrogen) atoms. The van der Waals surface area contributed by atoms with E-state index in [9.17, 15) is 0 Å². The van der Waals surface area contributed by atoms with Gasteiger partial charge in [0.15, 0.2) is 0 Å². The molecular formula is C20H23N7O3. The van der Waals surface area contributed by atoms with Crippen molar-refractivity contribution in [3.63, 3.8) is 0 Å². The van der Waals surface area contributed by atoms with Crippen LogP contribution in [0, 0.1) is 0 Å². The predicted molar refractivity (Wildman–Crippen MR) is 108 cm³/mol. The number of rotatable bonds is 7. The molecule has 1 atom stereocenters. The first-order valence-electron chi connectivity index (χ1n) is 9.93. The molecule has 5 heterocycles. The quantitative estimate of drug-likeness (QED) is 0.487. The summed E-state index contributed by atoms with van der Waals surface area (Å²) in [7, 11) is 1.88. The fraction of sp³-hybridized carbons (Fsp3) is 0.400. The number of ether oxygens (including phenoxy) is 2. The molecule has 4 aromatic rings. The zero-order valence-corrected chi connectivity index (χ0v) is 16.7. The molecule has 0 amide bonds. The summed E-state index contributed by atoms with van der Waals surface area (Å²) in [5.41, 5.74) is 3.52. The molecule has 0 radical (unpaired) electrons. The van der Waals surface area contributed by atoms with Crippen molar-refractivity contribution >= 4 is 11.0 Å². The van der Waals surface area contributed by atoms with Crippen molar-refractivity contribution in [1.82, 2.24) is 34.1 Å². The third kappa shape index (κ3) is 3.66. The molecule has 4 aromatic heterocycles. The van der Waals surface area contributed by atoms with Gasteiger partial charge in [0.25, 0.3) is 0 Å². The minimum absolute atomic E-state index is 0.0273. The van der Waals surface area contributed by atoms with E-state index in [0.717, 1.165) is 28.7 Å². The summed E-state index contributed by atoms with van der Waals surface area (Å²) in [6.07, 6.45) is 10.7. The summed E-state index contributed by atoms with van der Waals surface area (Å²) in [4.78, 5) is 9.51. The highest BCUT2D eigenvalue weighted by molar-refractivity contribution is 5.82. The number of hydrogen-bond acceptors (Lipinski definition) is 7. The number of aromatic nitrogens is 7. The molecule has 5 rings (SSSR count). The minimum Gasteiger partial charge on any atom is -0.470 e. The van der Waals surface area contributed by atoms with E-state index < -0.39 is 0 Å². The van der Waals surface area contributed by atoms with Gasteiger partial charge in [-0.2, -0.15) is 15.2 Å². The van der Waals surface area contributed by atoms with Crippen molar-refractivity contribution in [1.29, 1.82) is 0 Å². The smallest absolute Gasteiger partial charge is 0.242 e. The molecule has 1 aliphatic rings. The number of fused-ring (bicyclic) bond motifs is 1. The van der Waals surface area contributed by atoms with Gasteiger partial charge in [-0.3, -0.25) is 9.36 Å². The number of hydrogen-bond donors (Lipinski definition) is 1. The first-order valence-corrected chi connectivity index (χ1v) is 9.93. The maximum absolute atomic E-state index is 9.09. The molecule has 10 heteroatoms. The maximum Gasteiger partial charge on any atom is 0.242 e. The topological polar surface area (TPSA) is 105 Å². The van der Waals surface area contributed by atoms with E-state index in [1.54, 1.807) is 21.8 Å². The minimum atomic E-state index is -0.0273. The first-order chi connectivity index (χ1) is 14.7. The largest absolute Gasteiger partial charge is 0.470 e. The Kier molecular flexibility index (Phi) is 4.93. The van der Waals surface area contributed by atoms with Crippen molar-refractivity contribution in [2.24, 2.45) is 7.05 Å². The lowest BCUT2D eigenvalue weighted by atomic mass is 10.2. The van der Waals surface area contributed by atoms with E-state index in [-0.39, 0.29) is 12.7 Å². The van der Waals surface area contributed by atoms with E-state index >= 15 is 0 Å². The summed E-state index contributed by atoms with van der Waals surface area (Å²) in [6.45, 7) is 1.76. The second-order valence-electron chi connectivity index (χ2n) is 7.35. The molecule has 1 fully saturated rings. The van der Waals surface area contributed by atoms with Gasteiger partial charge in [-0.05, 0) is 11.6 Å². The van der Waals surface area contributed by atoms with Crippen molar-refractivity contribution in [3.8, 4) is 11.6 Å². The Morgan fingerprint density at radius 1 is 1.23 bits per heavy atom. The average Bonchev–Trinajstić information content (AvgIpc) is 3.50. The van der Waals surface area contributed by atoms with Crippen LogP contribution in [0.1, 0.15) is 17.8 Å². The summed E-state index contributed by atoms with van der Waals surface area (Å²) < 4.78 is 17.2.